The van der Waals surface area contributed by atoms with Crippen LogP contribution in [0.3, 0.4) is 0 Å². The summed E-state index contributed by atoms with van der Waals surface area (Å²) in [5, 5.41) is 9.65. The van der Waals surface area contributed by atoms with Gasteiger partial charge in [0.15, 0.2) is 10.8 Å². The Morgan fingerprint density at radius 1 is 0.889 bits per heavy atom. The molecular formula is C27H24N6O2S. The highest BCUT2D eigenvalue weighted by atomic mass is 32.2. The lowest BCUT2D eigenvalue weighted by Gasteiger charge is -2.36. The smallest absolute Gasteiger partial charge is 0.269 e. The van der Waals surface area contributed by atoms with Crippen LogP contribution in [-0.2, 0) is 4.79 Å². The van der Waals surface area contributed by atoms with Gasteiger partial charge >= 0.3 is 0 Å². The quantitative estimate of drug-likeness (QED) is 0.295. The third-order valence-corrected chi connectivity index (χ3v) is 7.46. The molecule has 2 aromatic heterocycles. The van der Waals surface area contributed by atoms with Gasteiger partial charge in [0, 0.05) is 37.3 Å². The van der Waals surface area contributed by atoms with E-state index in [1.54, 1.807) is 4.57 Å². The minimum absolute atomic E-state index is 0.0381. The molecule has 1 aliphatic heterocycles. The summed E-state index contributed by atoms with van der Waals surface area (Å²) in [7, 11) is 0. The maximum atomic E-state index is 13.5. The van der Waals surface area contributed by atoms with E-state index in [0.29, 0.717) is 29.3 Å². The molecule has 1 N–H and O–H groups in total. The number of hydrogen-bond acceptors (Lipinski definition) is 6. The fourth-order valence-corrected chi connectivity index (χ4v) is 5.56. The van der Waals surface area contributed by atoms with Crippen LogP contribution in [0, 0.1) is 0 Å². The van der Waals surface area contributed by atoms with Crippen molar-refractivity contribution in [2.75, 3.05) is 36.8 Å². The van der Waals surface area contributed by atoms with E-state index in [1.807, 2.05) is 65.6 Å². The Morgan fingerprint density at radius 3 is 2.47 bits per heavy atom. The molecule has 180 valence electrons. The van der Waals surface area contributed by atoms with E-state index >= 15 is 0 Å². The minimum atomic E-state index is -0.212. The molecule has 0 aliphatic carbocycles. The number of carbonyl (C=O) groups excluding carboxylic acids is 1. The van der Waals surface area contributed by atoms with Gasteiger partial charge in [-0.25, -0.2) is 4.98 Å². The van der Waals surface area contributed by atoms with Crippen molar-refractivity contribution in [3.63, 3.8) is 0 Å². The number of hydrogen-bond donors (Lipinski definition) is 1. The number of amides is 1. The van der Waals surface area contributed by atoms with Crippen molar-refractivity contribution >= 4 is 45.2 Å². The number of para-hydroxylation sites is 1. The number of thioether (sulfide) groups is 1. The average molecular weight is 497 g/mol. The van der Waals surface area contributed by atoms with Crippen LogP contribution in [0.1, 0.15) is 0 Å². The summed E-state index contributed by atoms with van der Waals surface area (Å²) in [6.07, 6.45) is 1.50. The number of aromatic amines is 1. The van der Waals surface area contributed by atoms with E-state index in [1.165, 1.54) is 23.6 Å². The van der Waals surface area contributed by atoms with Crippen molar-refractivity contribution in [1.29, 1.82) is 0 Å². The first-order valence-corrected chi connectivity index (χ1v) is 12.8. The van der Waals surface area contributed by atoms with Crippen LogP contribution in [-0.4, -0.2) is 62.5 Å². The summed E-state index contributed by atoms with van der Waals surface area (Å²) < 4.78 is 1.60. The molecule has 5 aromatic rings. The van der Waals surface area contributed by atoms with Crippen molar-refractivity contribution < 1.29 is 4.79 Å². The molecule has 0 spiro atoms. The van der Waals surface area contributed by atoms with Crippen molar-refractivity contribution in [3.05, 3.63) is 89.3 Å². The summed E-state index contributed by atoms with van der Waals surface area (Å²) in [5.41, 5.74) is 2.12. The second-order valence-corrected chi connectivity index (χ2v) is 9.60. The van der Waals surface area contributed by atoms with Crippen LogP contribution in [0.4, 0.5) is 5.69 Å². The van der Waals surface area contributed by atoms with Gasteiger partial charge in [-0.1, -0.05) is 66.4 Å². The zero-order chi connectivity index (χ0) is 24.5. The Bertz CT molecular complexity index is 1600. The zero-order valence-electron chi connectivity index (χ0n) is 19.5. The third kappa shape index (κ3) is 4.11. The van der Waals surface area contributed by atoms with Crippen LogP contribution < -0.4 is 10.5 Å². The lowest BCUT2D eigenvalue weighted by Crippen LogP contribution is -2.49. The fourth-order valence-electron chi connectivity index (χ4n) is 4.66. The van der Waals surface area contributed by atoms with Crippen molar-refractivity contribution in [3.8, 4) is 5.69 Å². The molecule has 9 heteroatoms. The van der Waals surface area contributed by atoms with Crippen molar-refractivity contribution in [2.24, 2.45) is 0 Å². The Balaban J connectivity index is 1.26. The number of benzene rings is 3. The molecule has 8 nitrogen and oxygen atoms in total. The molecule has 3 heterocycles. The lowest BCUT2D eigenvalue weighted by molar-refractivity contribution is -0.128. The first-order valence-electron chi connectivity index (χ1n) is 11.8. The highest BCUT2D eigenvalue weighted by Gasteiger charge is 2.23. The Morgan fingerprint density at radius 2 is 1.64 bits per heavy atom. The number of piperazine rings is 1. The lowest BCUT2D eigenvalue weighted by atomic mass is 10.1. The molecule has 1 amide bonds. The number of nitrogens with one attached hydrogen (secondary N) is 1. The standard InChI is InChI=1S/C27H24N6O2S/c34-24(32-15-13-31(14-16-32)20-9-2-1-3-10-20)18-36-27-29-25-22(17-28-30-25)26(35)33(27)23-12-6-8-19-7-4-5-11-21(19)23/h1-12,17H,13-16,18H2,(H,28,30). The van der Waals surface area contributed by atoms with E-state index in [2.05, 4.69) is 32.2 Å². The van der Waals surface area contributed by atoms with Gasteiger partial charge in [0.1, 0.15) is 5.39 Å². The summed E-state index contributed by atoms with van der Waals surface area (Å²) in [6.45, 7) is 2.91. The van der Waals surface area contributed by atoms with Crippen LogP contribution >= 0.6 is 11.8 Å². The number of anilines is 1. The number of aromatic nitrogens is 4. The molecule has 36 heavy (non-hydrogen) atoms. The number of carbonyl (C=O) groups is 1. The van der Waals surface area contributed by atoms with Crippen molar-refractivity contribution in [1.82, 2.24) is 24.6 Å². The predicted molar refractivity (Wildman–Crippen MR) is 143 cm³/mol. The van der Waals surface area contributed by atoms with E-state index in [9.17, 15) is 9.59 Å². The second-order valence-electron chi connectivity index (χ2n) is 8.66. The minimum Gasteiger partial charge on any atom is -0.368 e. The van der Waals surface area contributed by atoms with E-state index in [-0.39, 0.29) is 17.2 Å². The highest BCUT2D eigenvalue weighted by molar-refractivity contribution is 7.99. The molecule has 6 rings (SSSR count). The first-order chi connectivity index (χ1) is 17.7. The Hall–Kier alpha value is -4.11. The molecule has 0 bridgehead atoms. The van der Waals surface area contributed by atoms with Gasteiger partial charge in [-0.15, -0.1) is 0 Å². The van der Waals surface area contributed by atoms with Gasteiger partial charge in [-0.05, 0) is 23.6 Å². The summed E-state index contributed by atoms with van der Waals surface area (Å²) in [5.74, 6) is 0.235. The molecule has 0 atom stereocenters. The van der Waals surface area contributed by atoms with Crippen molar-refractivity contribution in [2.45, 2.75) is 5.16 Å². The summed E-state index contributed by atoms with van der Waals surface area (Å²) in [6, 6.07) is 24.0. The van der Waals surface area contributed by atoms with Crippen LogP contribution in [0.15, 0.2) is 88.9 Å². The number of nitrogens with zero attached hydrogens (tertiary/aromatic N) is 5. The van der Waals surface area contributed by atoms with Gasteiger partial charge in [0.2, 0.25) is 5.91 Å². The molecule has 0 unspecified atom stereocenters. The first kappa shape index (κ1) is 22.4. The molecule has 1 saturated heterocycles. The second kappa shape index (κ2) is 9.50. The summed E-state index contributed by atoms with van der Waals surface area (Å²) in [4.78, 5) is 35.5. The molecule has 1 aliphatic rings. The molecule has 3 aromatic carbocycles. The van der Waals surface area contributed by atoms with Gasteiger partial charge in [-0.3, -0.25) is 19.3 Å². The topological polar surface area (TPSA) is 87.1 Å². The Labute approximate surface area is 211 Å². The van der Waals surface area contributed by atoms with Crippen LogP contribution in [0.5, 0.6) is 0 Å². The van der Waals surface area contributed by atoms with Gasteiger partial charge in [0.05, 0.1) is 17.6 Å². The maximum absolute atomic E-state index is 13.5. The van der Waals surface area contributed by atoms with Gasteiger partial charge in [-0.2, -0.15) is 5.10 Å². The summed E-state index contributed by atoms with van der Waals surface area (Å²) >= 11 is 1.28. The average Bonchev–Trinajstić information content (AvgIpc) is 3.41. The SMILES string of the molecule is O=C(CSc1nc2[nH]ncc2c(=O)n1-c1cccc2ccccc12)N1CCN(c2ccccc2)CC1. The number of rotatable bonds is 5. The van der Waals surface area contributed by atoms with E-state index < -0.39 is 0 Å². The van der Waals surface area contributed by atoms with Crippen LogP contribution in [0.25, 0.3) is 27.5 Å². The molecule has 1 fully saturated rings. The Kier molecular flexibility index (Phi) is 5.90. The molecule has 0 saturated carbocycles. The van der Waals surface area contributed by atoms with E-state index in [4.69, 9.17) is 0 Å². The monoisotopic (exact) mass is 496 g/mol. The number of fused-ring (bicyclic) bond motifs is 2. The fraction of sp³-hybridized carbons (Fsp3) is 0.185. The largest absolute Gasteiger partial charge is 0.368 e. The van der Waals surface area contributed by atoms with Gasteiger partial charge < -0.3 is 9.80 Å². The number of H-pyrrole nitrogens is 1. The normalized spacial score (nSPS) is 14.0. The van der Waals surface area contributed by atoms with Gasteiger partial charge in [0.25, 0.3) is 5.56 Å². The molecule has 0 radical (unpaired) electrons. The van der Waals surface area contributed by atoms with E-state index in [0.717, 1.165) is 29.5 Å². The zero-order valence-corrected chi connectivity index (χ0v) is 20.3. The highest BCUT2D eigenvalue weighted by Crippen LogP contribution is 2.27. The maximum Gasteiger partial charge on any atom is 0.269 e. The third-order valence-electron chi connectivity index (χ3n) is 6.54. The van der Waals surface area contributed by atoms with Crippen LogP contribution in [0.2, 0.25) is 0 Å². The molecular weight excluding hydrogens is 472 g/mol. The predicted octanol–water partition coefficient (Wildman–Crippen LogP) is 3.70.